The van der Waals surface area contributed by atoms with Crippen LogP contribution in [0.25, 0.3) is 0 Å². The SMILES string of the molecule is [B]c1ccc([B]O)cn1. The summed E-state index contributed by atoms with van der Waals surface area (Å²) in [6, 6.07) is 3.31. The van der Waals surface area contributed by atoms with Crippen molar-refractivity contribution in [3.63, 3.8) is 0 Å². The van der Waals surface area contributed by atoms with Crippen molar-refractivity contribution in [2.45, 2.75) is 0 Å². The van der Waals surface area contributed by atoms with E-state index in [0.29, 0.717) is 11.1 Å². The van der Waals surface area contributed by atoms with Gasteiger partial charge < -0.3 is 5.02 Å². The van der Waals surface area contributed by atoms with E-state index in [-0.39, 0.29) is 0 Å². The third-order valence-corrected chi connectivity index (χ3v) is 0.958. The van der Waals surface area contributed by atoms with Gasteiger partial charge in [-0.25, -0.2) is 0 Å². The molecule has 41 valence electrons. The van der Waals surface area contributed by atoms with Crippen molar-refractivity contribution in [3.8, 4) is 0 Å². The topological polar surface area (TPSA) is 33.1 Å². The van der Waals surface area contributed by atoms with Crippen LogP contribution in [0.4, 0.5) is 0 Å². The molecule has 0 unspecified atom stereocenters. The number of hydrogen-bond acceptors (Lipinski definition) is 2. The minimum Gasteiger partial charge on any atom is -0.450 e. The molecule has 0 atom stereocenters. The average Bonchev–Trinajstić information content (AvgIpc) is 1.90. The Morgan fingerprint density at radius 2 is 2.33 bits per heavy atom. The lowest BCUT2D eigenvalue weighted by atomic mass is 9.89. The third kappa shape index (κ3) is 1.57. The first-order valence-electron chi connectivity index (χ1n) is 2.52. The highest BCUT2D eigenvalue weighted by atomic mass is 16.2. The van der Waals surface area contributed by atoms with E-state index >= 15 is 0 Å². The van der Waals surface area contributed by atoms with Crippen molar-refractivity contribution in [2.24, 2.45) is 0 Å². The molecule has 2 nitrogen and oxygen atoms in total. The van der Waals surface area contributed by atoms with Gasteiger partial charge in [-0.15, -0.1) is 0 Å². The first-order chi connectivity index (χ1) is 4.33. The van der Waals surface area contributed by atoms with Gasteiger partial charge in [0.15, 0.2) is 0 Å². The number of pyridine rings is 1. The van der Waals surface area contributed by atoms with E-state index in [1.807, 2.05) is 0 Å². The molecular weight excluding hydrogens is 112 g/mol. The zero-order valence-corrected chi connectivity index (χ0v) is 4.78. The first-order valence-corrected chi connectivity index (χ1v) is 2.52. The van der Waals surface area contributed by atoms with Gasteiger partial charge in [0.1, 0.15) is 7.85 Å². The molecule has 1 rings (SSSR count). The van der Waals surface area contributed by atoms with Gasteiger partial charge in [0.25, 0.3) is 0 Å². The fourth-order valence-corrected chi connectivity index (χ4v) is 0.493. The second kappa shape index (κ2) is 2.69. The highest BCUT2D eigenvalue weighted by Crippen LogP contribution is 1.69. The Labute approximate surface area is 55.6 Å². The number of nitrogens with zero attached hydrogens (tertiary/aromatic N) is 1. The minimum atomic E-state index is 0.459. The fourth-order valence-electron chi connectivity index (χ4n) is 0.493. The van der Waals surface area contributed by atoms with Crippen LogP contribution in [0.1, 0.15) is 0 Å². The summed E-state index contributed by atoms with van der Waals surface area (Å²) in [7, 11) is 6.25. The molecule has 1 aromatic heterocycles. The van der Waals surface area contributed by atoms with Crippen LogP contribution < -0.4 is 11.1 Å². The molecule has 0 aliphatic rings. The van der Waals surface area contributed by atoms with Crippen molar-refractivity contribution in [3.05, 3.63) is 18.3 Å². The molecule has 9 heavy (non-hydrogen) atoms. The third-order valence-electron chi connectivity index (χ3n) is 0.958. The van der Waals surface area contributed by atoms with E-state index < -0.39 is 0 Å². The molecule has 0 fully saturated rings. The summed E-state index contributed by atoms with van der Waals surface area (Å²) in [6.07, 6.45) is 1.50. The molecule has 0 amide bonds. The largest absolute Gasteiger partial charge is 0.450 e. The quantitative estimate of drug-likeness (QED) is 0.435. The molecule has 0 aliphatic heterocycles. The molecule has 0 spiro atoms. The second-order valence-corrected chi connectivity index (χ2v) is 1.65. The number of hydrogen-bond donors (Lipinski definition) is 1. The lowest BCUT2D eigenvalue weighted by molar-refractivity contribution is 0.615. The van der Waals surface area contributed by atoms with Crippen LogP contribution in [-0.4, -0.2) is 25.3 Å². The Morgan fingerprint density at radius 3 is 2.78 bits per heavy atom. The summed E-state index contributed by atoms with van der Waals surface area (Å²) in [6.45, 7) is 0. The van der Waals surface area contributed by atoms with Crippen LogP contribution in [0.2, 0.25) is 0 Å². The first kappa shape index (κ1) is 6.36. The van der Waals surface area contributed by atoms with Crippen LogP contribution in [0.5, 0.6) is 0 Å². The van der Waals surface area contributed by atoms with E-state index in [9.17, 15) is 0 Å². The predicted octanol–water partition coefficient (Wildman–Crippen LogP) is -1.89. The lowest BCUT2D eigenvalue weighted by Crippen LogP contribution is -2.18. The summed E-state index contributed by atoms with van der Waals surface area (Å²) in [4.78, 5) is 3.74. The molecule has 0 aromatic carbocycles. The van der Waals surface area contributed by atoms with E-state index in [4.69, 9.17) is 12.9 Å². The van der Waals surface area contributed by atoms with E-state index in [1.165, 1.54) is 6.20 Å². The van der Waals surface area contributed by atoms with Gasteiger partial charge in [-0.05, 0) is 11.1 Å². The van der Waals surface area contributed by atoms with Gasteiger partial charge in [0.2, 0.25) is 0 Å². The Morgan fingerprint density at radius 1 is 1.56 bits per heavy atom. The van der Waals surface area contributed by atoms with Crippen LogP contribution in [0.15, 0.2) is 18.3 Å². The van der Waals surface area contributed by atoms with Gasteiger partial charge >= 0.3 is 7.48 Å². The van der Waals surface area contributed by atoms with Crippen molar-refractivity contribution >= 4 is 26.4 Å². The van der Waals surface area contributed by atoms with Gasteiger partial charge in [-0.2, -0.15) is 0 Å². The average molecular weight is 116 g/mol. The van der Waals surface area contributed by atoms with Crippen molar-refractivity contribution in [2.75, 3.05) is 0 Å². The molecule has 0 bridgehead atoms. The van der Waals surface area contributed by atoms with Crippen LogP contribution in [-0.2, 0) is 0 Å². The molecule has 1 N–H and O–H groups in total. The smallest absolute Gasteiger partial charge is 0.328 e. The Kier molecular flexibility index (Phi) is 1.90. The van der Waals surface area contributed by atoms with Crippen molar-refractivity contribution < 1.29 is 5.02 Å². The van der Waals surface area contributed by atoms with Crippen molar-refractivity contribution in [1.82, 2.24) is 4.98 Å². The number of aromatic nitrogens is 1. The van der Waals surface area contributed by atoms with E-state index in [0.717, 1.165) is 7.48 Å². The van der Waals surface area contributed by atoms with Gasteiger partial charge in [-0.3, -0.25) is 4.98 Å². The Hall–Kier alpha value is -0.760. The highest BCUT2D eigenvalue weighted by Gasteiger charge is 1.90. The fraction of sp³-hybridized carbons (Fsp3) is 0. The Bertz CT molecular complexity index is 187. The second-order valence-electron chi connectivity index (χ2n) is 1.65. The highest BCUT2D eigenvalue weighted by molar-refractivity contribution is 6.45. The molecule has 1 heterocycles. The van der Waals surface area contributed by atoms with Crippen LogP contribution >= 0.6 is 0 Å². The van der Waals surface area contributed by atoms with E-state index in [1.54, 1.807) is 12.1 Å². The molecule has 0 saturated carbocycles. The molecule has 4 heteroatoms. The molecule has 0 aliphatic carbocycles. The minimum absolute atomic E-state index is 0.459. The molecule has 3 radical (unpaired) electrons. The van der Waals surface area contributed by atoms with Gasteiger partial charge in [-0.1, -0.05) is 12.1 Å². The summed E-state index contributed by atoms with van der Waals surface area (Å²) >= 11 is 0. The monoisotopic (exact) mass is 116 g/mol. The van der Waals surface area contributed by atoms with Crippen LogP contribution in [0.3, 0.4) is 0 Å². The maximum absolute atomic E-state index is 8.42. The normalized spacial score (nSPS) is 9.00. The summed E-state index contributed by atoms with van der Waals surface area (Å²) in [5.74, 6) is 0. The Balaban J connectivity index is 2.88. The number of rotatable bonds is 1. The van der Waals surface area contributed by atoms with Crippen LogP contribution in [0, 0.1) is 0 Å². The summed E-state index contributed by atoms with van der Waals surface area (Å²) in [5.41, 5.74) is 1.12. The zero-order chi connectivity index (χ0) is 6.69. The maximum atomic E-state index is 8.42. The summed E-state index contributed by atoms with van der Waals surface area (Å²) in [5, 5.41) is 8.42. The van der Waals surface area contributed by atoms with Gasteiger partial charge in [0.05, 0.1) is 0 Å². The molecular formula is C5H4B2NO. The molecule has 1 aromatic rings. The van der Waals surface area contributed by atoms with Gasteiger partial charge in [0, 0.05) is 6.20 Å². The zero-order valence-electron chi connectivity index (χ0n) is 4.78. The van der Waals surface area contributed by atoms with Crippen molar-refractivity contribution in [1.29, 1.82) is 0 Å². The standard InChI is InChI=1S/C5H4B2NO/c6-5-2-1-4(7-9)3-8-5/h1-3,9H. The lowest BCUT2D eigenvalue weighted by Gasteiger charge is -1.92. The molecule has 0 saturated heterocycles. The van der Waals surface area contributed by atoms with E-state index in [2.05, 4.69) is 4.98 Å². The maximum Gasteiger partial charge on any atom is 0.328 e. The predicted molar refractivity (Wildman–Crippen MR) is 37.2 cm³/mol. The summed E-state index contributed by atoms with van der Waals surface area (Å²) < 4.78 is 0.